The Labute approximate surface area is 126 Å². The van der Waals surface area contributed by atoms with Crippen LogP contribution >= 0.6 is 22.9 Å². The maximum Gasteiger partial charge on any atom is 0.241 e. The maximum atomic E-state index is 13.2. The second-order valence-electron chi connectivity index (χ2n) is 4.39. The van der Waals surface area contributed by atoms with Crippen LogP contribution in [0.2, 0.25) is 4.34 Å². The molecule has 1 atom stereocenters. The van der Waals surface area contributed by atoms with E-state index in [2.05, 4.69) is 4.72 Å². The van der Waals surface area contributed by atoms with Crippen LogP contribution in [0.4, 0.5) is 4.39 Å². The number of hydrogen-bond acceptors (Lipinski definition) is 3. The molecule has 3 nitrogen and oxygen atoms in total. The highest BCUT2D eigenvalue weighted by molar-refractivity contribution is 7.89. The van der Waals surface area contributed by atoms with Crippen LogP contribution in [0.3, 0.4) is 0 Å². The largest absolute Gasteiger partial charge is 0.241 e. The van der Waals surface area contributed by atoms with Gasteiger partial charge in [0.1, 0.15) is 5.82 Å². The first-order valence-corrected chi connectivity index (χ1v) is 8.51. The number of sulfonamides is 1. The molecule has 0 aliphatic carbocycles. The van der Waals surface area contributed by atoms with Crippen molar-refractivity contribution in [1.82, 2.24) is 4.72 Å². The van der Waals surface area contributed by atoms with Crippen LogP contribution in [0, 0.1) is 12.7 Å². The Morgan fingerprint density at radius 3 is 2.60 bits per heavy atom. The van der Waals surface area contributed by atoms with E-state index in [9.17, 15) is 12.8 Å². The number of halogens is 2. The first kappa shape index (κ1) is 15.4. The van der Waals surface area contributed by atoms with Gasteiger partial charge in [-0.2, -0.15) is 0 Å². The van der Waals surface area contributed by atoms with E-state index in [0.717, 1.165) is 10.9 Å². The standard InChI is InChI=1S/C13H13ClFNO2S2/c1-8-3-4-10(15)7-12(8)20(17,18)16-9(2)11-5-6-13(14)19-11/h3-7,9,16H,1-2H3. The molecule has 0 spiro atoms. The zero-order chi connectivity index (χ0) is 14.9. The average Bonchev–Trinajstić information content (AvgIpc) is 2.78. The van der Waals surface area contributed by atoms with Gasteiger partial charge in [0.2, 0.25) is 10.0 Å². The summed E-state index contributed by atoms with van der Waals surface area (Å²) in [4.78, 5) is 0.750. The molecule has 7 heteroatoms. The topological polar surface area (TPSA) is 46.2 Å². The van der Waals surface area contributed by atoms with E-state index in [1.54, 1.807) is 26.0 Å². The first-order chi connectivity index (χ1) is 9.29. The lowest BCUT2D eigenvalue weighted by atomic mass is 10.2. The third-order valence-electron chi connectivity index (χ3n) is 2.79. The van der Waals surface area contributed by atoms with Gasteiger partial charge in [-0.15, -0.1) is 11.3 Å². The molecule has 1 aromatic heterocycles. The fourth-order valence-electron chi connectivity index (χ4n) is 1.78. The monoisotopic (exact) mass is 333 g/mol. The van der Waals surface area contributed by atoms with Gasteiger partial charge in [-0.05, 0) is 43.7 Å². The first-order valence-electron chi connectivity index (χ1n) is 5.83. The van der Waals surface area contributed by atoms with E-state index in [4.69, 9.17) is 11.6 Å². The SMILES string of the molecule is Cc1ccc(F)cc1S(=O)(=O)NC(C)c1ccc(Cl)s1. The molecule has 0 saturated heterocycles. The molecule has 2 aromatic rings. The molecule has 20 heavy (non-hydrogen) atoms. The van der Waals surface area contributed by atoms with Crippen LogP contribution in [0.5, 0.6) is 0 Å². The molecule has 1 N–H and O–H groups in total. The average molecular weight is 334 g/mol. The summed E-state index contributed by atoms with van der Waals surface area (Å²) in [5, 5.41) is 0. The van der Waals surface area contributed by atoms with Crippen molar-refractivity contribution in [3.05, 3.63) is 50.9 Å². The third-order valence-corrected chi connectivity index (χ3v) is 5.89. The van der Waals surface area contributed by atoms with Crippen molar-refractivity contribution < 1.29 is 12.8 Å². The van der Waals surface area contributed by atoms with Crippen molar-refractivity contribution in [2.45, 2.75) is 24.8 Å². The van der Waals surface area contributed by atoms with Gasteiger partial charge in [0, 0.05) is 4.88 Å². The van der Waals surface area contributed by atoms with Crippen LogP contribution in [0.15, 0.2) is 35.2 Å². The number of nitrogens with one attached hydrogen (secondary N) is 1. The van der Waals surface area contributed by atoms with Gasteiger partial charge in [-0.1, -0.05) is 17.7 Å². The van der Waals surface area contributed by atoms with Crippen LogP contribution in [0.1, 0.15) is 23.4 Å². The van der Waals surface area contributed by atoms with Crippen molar-refractivity contribution in [2.75, 3.05) is 0 Å². The summed E-state index contributed by atoms with van der Waals surface area (Å²) >= 11 is 7.13. The lowest BCUT2D eigenvalue weighted by molar-refractivity contribution is 0.564. The molecule has 2 rings (SSSR count). The smallest absolute Gasteiger partial charge is 0.207 e. The van der Waals surface area contributed by atoms with Crippen molar-refractivity contribution in [3.8, 4) is 0 Å². The molecular weight excluding hydrogens is 321 g/mol. The zero-order valence-corrected chi connectivity index (χ0v) is 13.2. The quantitative estimate of drug-likeness (QED) is 0.922. The molecule has 1 aromatic carbocycles. The zero-order valence-electron chi connectivity index (χ0n) is 10.9. The van der Waals surface area contributed by atoms with E-state index >= 15 is 0 Å². The minimum Gasteiger partial charge on any atom is -0.207 e. The summed E-state index contributed by atoms with van der Waals surface area (Å²) in [6.07, 6.45) is 0. The van der Waals surface area contributed by atoms with Crippen LogP contribution in [-0.4, -0.2) is 8.42 Å². The highest BCUT2D eigenvalue weighted by Gasteiger charge is 2.21. The minimum atomic E-state index is -3.78. The van der Waals surface area contributed by atoms with Gasteiger partial charge >= 0.3 is 0 Å². The van der Waals surface area contributed by atoms with Crippen LogP contribution < -0.4 is 4.72 Å². The van der Waals surface area contributed by atoms with Gasteiger partial charge < -0.3 is 0 Å². The van der Waals surface area contributed by atoms with Gasteiger partial charge in [0.05, 0.1) is 15.3 Å². The Morgan fingerprint density at radius 2 is 2.00 bits per heavy atom. The van der Waals surface area contributed by atoms with Crippen molar-refractivity contribution in [2.24, 2.45) is 0 Å². The molecule has 1 heterocycles. The number of hydrogen-bond donors (Lipinski definition) is 1. The summed E-state index contributed by atoms with van der Waals surface area (Å²) in [7, 11) is -3.78. The fraction of sp³-hybridized carbons (Fsp3) is 0.231. The summed E-state index contributed by atoms with van der Waals surface area (Å²) in [5.74, 6) is -0.581. The molecule has 0 bridgehead atoms. The summed E-state index contributed by atoms with van der Waals surface area (Å²) in [5.41, 5.74) is 0.496. The third kappa shape index (κ3) is 3.38. The molecule has 0 saturated carbocycles. The molecule has 0 radical (unpaired) electrons. The normalized spacial score (nSPS) is 13.4. The Morgan fingerprint density at radius 1 is 1.30 bits per heavy atom. The van der Waals surface area contributed by atoms with E-state index < -0.39 is 21.9 Å². The fourth-order valence-corrected chi connectivity index (χ4v) is 4.40. The summed E-state index contributed by atoms with van der Waals surface area (Å²) < 4.78 is 40.9. The maximum absolute atomic E-state index is 13.2. The van der Waals surface area contributed by atoms with E-state index in [1.165, 1.54) is 23.5 Å². The summed E-state index contributed by atoms with van der Waals surface area (Å²) in [6.45, 7) is 3.34. The number of thiophene rings is 1. The highest BCUT2D eigenvalue weighted by atomic mass is 35.5. The molecule has 0 aliphatic rings. The van der Waals surface area contributed by atoms with Crippen molar-refractivity contribution >= 4 is 33.0 Å². The second kappa shape index (κ2) is 5.81. The van der Waals surface area contributed by atoms with Crippen molar-refractivity contribution in [1.29, 1.82) is 0 Å². The van der Waals surface area contributed by atoms with Gasteiger partial charge in [-0.25, -0.2) is 17.5 Å². The Kier molecular flexibility index (Phi) is 4.49. The molecule has 0 aliphatic heterocycles. The number of benzene rings is 1. The predicted octanol–water partition coefficient (Wildman–Crippen LogP) is 3.89. The molecule has 108 valence electrons. The minimum absolute atomic E-state index is 0.0491. The van der Waals surface area contributed by atoms with Crippen LogP contribution in [-0.2, 0) is 10.0 Å². The van der Waals surface area contributed by atoms with Gasteiger partial charge in [0.15, 0.2) is 0 Å². The highest BCUT2D eigenvalue weighted by Crippen LogP contribution is 2.28. The van der Waals surface area contributed by atoms with Crippen LogP contribution in [0.25, 0.3) is 0 Å². The molecule has 1 unspecified atom stereocenters. The van der Waals surface area contributed by atoms with E-state index in [-0.39, 0.29) is 4.90 Å². The molecular formula is C13H13ClFNO2S2. The lowest BCUT2D eigenvalue weighted by Gasteiger charge is -2.14. The predicted molar refractivity (Wildman–Crippen MR) is 79.2 cm³/mol. The van der Waals surface area contributed by atoms with E-state index in [0.29, 0.717) is 9.90 Å². The van der Waals surface area contributed by atoms with Gasteiger partial charge in [0.25, 0.3) is 0 Å². The Bertz CT molecular complexity index is 728. The van der Waals surface area contributed by atoms with Crippen molar-refractivity contribution in [3.63, 3.8) is 0 Å². The van der Waals surface area contributed by atoms with E-state index in [1.807, 2.05) is 0 Å². The molecule has 0 amide bonds. The lowest BCUT2D eigenvalue weighted by Crippen LogP contribution is -2.27. The van der Waals surface area contributed by atoms with Gasteiger partial charge in [-0.3, -0.25) is 0 Å². The Balaban J connectivity index is 2.29. The molecule has 0 fully saturated rings. The number of aryl methyl sites for hydroxylation is 1. The second-order valence-corrected chi connectivity index (χ2v) is 7.82. The number of rotatable bonds is 4. The Hall–Kier alpha value is -0.950. The summed E-state index contributed by atoms with van der Waals surface area (Å²) in [6, 6.07) is 6.73.